The van der Waals surface area contributed by atoms with E-state index in [1.165, 1.54) is 5.39 Å². The summed E-state index contributed by atoms with van der Waals surface area (Å²) in [5, 5.41) is 8.71. The minimum atomic E-state index is -0.170. The normalized spacial score (nSPS) is 11.1. The second-order valence-electron chi connectivity index (χ2n) is 7.80. The van der Waals surface area contributed by atoms with Crippen LogP contribution in [0.2, 0.25) is 0 Å². The number of aryl methyl sites for hydroxylation is 1. The van der Waals surface area contributed by atoms with Crippen LogP contribution in [0.25, 0.3) is 10.8 Å². The Morgan fingerprint density at radius 1 is 1.00 bits per heavy atom. The van der Waals surface area contributed by atoms with E-state index in [0.717, 1.165) is 47.5 Å². The van der Waals surface area contributed by atoms with Gasteiger partial charge in [-0.25, -0.2) is 0 Å². The van der Waals surface area contributed by atoms with Crippen molar-refractivity contribution < 1.29 is 9.53 Å². The average Bonchev–Trinajstić information content (AvgIpc) is 2.74. The van der Waals surface area contributed by atoms with Crippen LogP contribution in [-0.4, -0.2) is 44.6 Å². The van der Waals surface area contributed by atoms with Gasteiger partial charge in [0.25, 0.3) is 5.91 Å². The molecule has 3 aromatic carbocycles. The van der Waals surface area contributed by atoms with E-state index in [1.54, 1.807) is 0 Å². The summed E-state index contributed by atoms with van der Waals surface area (Å²) in [6, 6.07) is 20.0. The molecule has 0 saturated heterocycles. The largest absolute Gasteiger partial charge is 0.483 e. The lowest BCUT2D eigenvalue weighted by Gasteiger charge is -2.16. The third-order valence-electron chi connectivity index (χ3n) is 4.95. The van der Waals surface area contributed by atoms with Gasteiger partial charge in [-0.05, 0) is 69.5 Å². The number of carbonyl (C=O) groups is 1. The first-order valence-electron chi connectivity index (χ1n) is 10.4. The third-order valence-corrected chi connectivity index (χ3v) is 4.95. The second-order valence-corrected chi connectivity index (χ2v) is 7.80. The molecule has 0 spiro atoms. The number of benzene rings is 3. The van der Waals surface area contributed by atoms with Crippen LogP contribution >= 0.6 is 0 Å². The van der Waals surface area contributed by atoms with E-state index in [-0.39, 0.29) is 12.5 Å². The number of carbonyl (C=O) groups excluding carboxylic acids is 1. The van der Waals surface area contributed by atoms with Crippen LogP contribution in [0.15, 0.2) is 60.7 Å². The van der Waals surface area contributed by atoms with Gasteiger partial charge in [0.15, 0.2) is 6.61 Å². The highest BCUT2D eigenvalue weighted by Crippen LogP contribution is 2.28. The molecule has 158 valence electrons. The Kier molecular flexibility index (Phi) is 7.82. The SMILES string of the molecule is Cc1ccc(NC(=O)COc2ccc3ccccc3c2CNCCCN(C)C)cc1. The van der Waals surface area contributed by atoms with Crippen molar-refractivity contribution in [3.05, 3.63) is 71.8 Å². The van der Waals surface area contributed by atoms with Crippen molar-refractivity contribution in [2.24, 2.45) is 0 Å². The number of fused-ring (bicyclic) bond motifs is 1. The monoisotopic (exact) mass is 405 g/mol. The molecule has 0 aliphatic carbocycles. The first kappa shape index (κ1) is 21.8. The van der Waals surface area contributed by atoms with Gasteiger partial charge in [-0.15, -0.1) is 0 Å². The second kappa shape index (κ2) is 10.8. The smallest absolute Gasteiger partial charge is 0.262 e. The van der Waals surface area contributed by atoms with Crippen molar-refractivity contribution in [2.45, 2.75) is 19.9 Å². The predicted molar refractivity (Wildman–Crippen MR) is 124 cm³/mol. The summed E-state index contributed by atoms with van der Waals surface area (Å²) in [7, 11) is 4.16. The van der Waals surface area contributed by atoms with E-state index >= 15 is 0 Å². The van der Waals surface area contributed by atoms with Gasteiger partial charge < -0.3 is 20.3 Å². The highest BCUT2D eigenvalue weighted by molar-refractivity contribution is 5.92. The molecule has 0 radical (unpaired) electrons. The molecule has 0 atom stereocenters. The predicted octanol–water partition coefficient (Wildman–Crippen LogP) is 4.21. The molecule has 0 fully saturated rings. The van der Waals surface area contributed by atoms with E-state index < -0.39 is 0 Å². The van der Waals surface area contributed by atoms with Crippen LogP contribution in [-0.2, 0) is 11.3 Å². The lowest BCUT2D eigenvalue weighted by Crippen LogP contribution is -2.22. The maximum absolute atomic E-state index is 12.4. The maximum Gasteiger partial charge on any atom is 0.262 e. The molecule has 0 bridgehead atoms. The van der Waals surface area contributed by atoms with Gasteiger partial charge in [0.05, 0.1) is 0 Å². The van der Waals surface area contributed by atoms with E-state index in [2.05, 4.69) is 41.8 Å². The summed E-state index contributed by atoms with van der Waals surface area (Å²) in [6.45, 7) is 4.66. The van der Waals surface area contributed by atoms with Crippen molar-refractivity contribution >= 4 is 22.4 Å². The van der Waals surface area contributed by atoms with Crippen LogP contribution in [0.4, 0.5) is 5.69 Å². The fraction of sp³-hybridized carbons (Fsp3) is 0.320. The Morgan fingerprint density at radius 2 is 1.77 bits per heavy atom. The van der Waals surface area contributed by atoms with Gasteiger partial charge in [-0.3, -0.25) is 4.79 Å². The summed E-state index contributed by atoms with van der Waals surface area (Å²) in [5.41, 5.74) is 3.01. The molecule has 0 heterocycles. The summed E-state index contributed by atoms with van der Waals surface area (Å²) < 4.78 is 5.94. The number of hydrogen-bond acceptors (Lipinski definition) is 4. The van der Waals surface area contributed by atoms with E-state index in [1.807, 2.05) is 55.5 Å². The fourth-order valence-electron chi connectivity index (χ4n) is 3.34. The van der Waals surface area contributed by atoms with Gasteiger partial charge in [0.2, 0.25) is 0 Å². The van der Waals surface area contributed by atoms with E-state index in [9.17, 15) is 4.79 Å². The highest BCUT2D eigenvalue weighted by Gasteiger charge is 2.11. The summed E-state index contributed by atoms with van der Waals surface area (Å²) in [4.78, 5) is 14.5. The molecule has 30 heavy (non-hydrogen) atoms. The minimum Gasteiger partial charge on any atom is -0.483 e. The van der Waals surface area contributed by atoms with Crippen LogP contribution in [0, 0.1) is 6.92 Å². The van der Waals surface area contributed by atoms with Crippen LogP contribution in [0.1, 0.15) is 17.5 Å². The Morgan fingerprint density at radius 3 is 2.53 bits per heavy atom. The number of nitrogens with one attached hydrogen (secondary N) is 2. The highest BCUT2D eigenvalue weighted by atomic mass is 16.5. The Bertz CT molecular complexity index is 968. The minimum absolute atomic E-state index is 0.0279. The quantitative estimate of drug-likeness (QED) is 0.496. The van der Waals surface area contributed by atoms with Gasteiger partial charge >= 0.3 is 0 Å². The Labute approximate surface area is 179 Å². The number of rotatable bonds is 10. The Hall–Kier alpha value is -2.89. The number of anilines is 1. The van der Waals surface area contributed by atoms with Crippen molar-refractivity contribution in [2.75, 3.05) is 39.1 Å². The number of ether oxygens (including phenoxy) is 1. The molecule has 0 unspecified atom stereocenters. The number of nitrogens with zero attached hydrogens (tertiary/aromatic N) is 1. The van der Waals surface area contributed by atoms with E-state index in [0.29, 0.717) is 6.54 Å². The lowest BCUT2D eigenvalue weighted by atomic mass is 10.0. The molecular weight excluding hydrogens is 374 g/mol. The van der Waals surface area contributed by atoms with E-state index in [4.69, 9.17) is 4.74 Å². The maximum atomic E-state index is 12.4. The summed E-state index contributed by atoms with van der Waals surface area (Å²) in [6.07, 6.45) is 1.08. The average molecular weight is 406 g/mol. The molecule has 0 saturated carbocycles. The molecule has 3 rings (SSSR count). The van der Waals surface area contributed by atoms with Gasteiger partial charge in [0.1, 0.15) is 5.75 Å². The molecule has 0 aliphatic rings. The van der Waals surface area contributed by atoms with Gasteiger partial charge in [0, 0.05) is 17.8 Å². The fourth-order valence-corrected chi connectivity index (χ4v) is 3.34. The molecular formula is C25H31N3O2. The van der Waals surface area contributed by atoms with Crippen molar-refractivity contribution in [3.63, 3.8) is 0 Å². The lowest BCUT2D eigenvalue weighted by molar-refractivity contribution is -0.118. The first-order chi connectivity index (χ1) is 14.5. The topological polar surface area (TPSA) is 53.6 Å². The van der Waals surface area contributed by atoms with Gasteiger partial charge in [-0.2, -0.15) is 0 Å². The van der Waals surface area contributed by atoms with Crippen LogP contribution in [0.5, 0.6) is 5.75 Å². The zero-order valence-corrected chi connectivity index (χ0v) is 18.1. The van der Waals surface area contributed by atoms with Crippen molar-refractivity contribution in [1.82, 2.24) is 10.2 Å². The summed E-state index contributed by atoms with van der Waals surface area (Å²) >= 11 is 0. The molecule has 1 amide bonds. The molecule has 0 aliphatic heterocycles. The molecule has 0 aromatic heterocycles. The molecule has 5 nitrogen and oxygen atoms in total. The number of amides is 1. The molecule has 5 heteroatoms. The Balaban J connectivity index is 1.66. The van der Waals surface area contributed by atoms with Crippen molar-refractivity contribution in [1.29, 1.82) is 0 Å². The van der Waals surface area contributed by atoms with Gasteiger partial charge in [-0.1, -0.05) is 48.0 Å². The molecule has 3 aromatic rings. The third kappa shape index (κ3) is 6.31. The first-order valence-corrected chi connectivity index (χ1v) is 10.4. The zero-order chi connectivity index (χ0) is 21.3. The molecule has 2 N–H and O–H groups in total. The van der Waals surface area contributed by atoms with Crippen LogP contribution in [0.3, 0.4) is 0 Å². The zero-order valence-electron chi connectivity index (χ0n) is 18.1. The number of hydrogen-bond donors (Lipinski definition) is 2. The van der Waals surface area contributed by atoms with Crippen LogP contribution < -0.4 is 15.4 Å². The standard InChI is InChI=1S/C25H31N3O2/c1-19-9-12-21(13-10-19)27-25(29)18-30-24-14-11-20-7-4-5-8-22(20)23(24)17-26-15-6-16-28(2)3/h4-5,7-14,26H,6,15-18H2,1-3H3,(H,27,29). The summed E-state index contributed by atoms with van der Waals surface area (Å²) in [5.74, 6) is 0.574. The van der Waals surface area contributed by atoms with Crippen molar-refractivity contribution in [3.8, 4) is 5.75 Å².